The summed E-state index contributed by atoms with van der Waals surface area (Å²) in [5, 5.41) is 0.985. The minimum Gasteiger partial charge on any atom is -0.294 e. The van der Waals surface area contributed by atoms with Gasteiger partial charge in [-0.25, -0.2) is 0 Å². The lowest BCUT2D eigenvalue weighted by molar-refractivity contribution is 0.0983. The Morgan fingerprint density at radius 1 is 1.00 bits per heavy atom. The molecular formula is C15H11Cl3O. The number of carbonyl (C=O) groups is 1. The first kappa shape index (κ1) is 14.4. The number of Topliss-reactive ketones (excluding diaryl/α,β-unsaturated/α-hetero) is 1. The van der Waals surface area contributed by atoms with Gasteiger partial charge in [0.05, 0.1) is 10.0 Å². The summed E-state index contributed by atoms with van der Waals surface area (Å²) in [5.41, 5.74) is 1.50. The van der Waals surface area contributed by atoms with Crippen LogP contribution in [-0.4, -0.2) is 5.78 Å². The van der Waals surface area contributed by atoms with E-state index < -0.39 is 0 Å². The van der Waals surface area contributed by atoms with Crippen LogP contribution in [0.15, 0.2) is 42.5 Å². The van der Waals surface area contributed by atoms with Crippen molar-refractivity contribution in [3.63, 3.8) is 0 Å². The van der Waals surface area contributed by atoms with Gasteiger partial charge in [0.15, 0.2) is 5.78 Å². The molecule has 0 fully saturated rings. The van der Waals surface area contributed by atoms with Gasteiger partial charge < -0.3 is 0 Å². The standard InChI is InChI=1S/C15H11Cl3O/c16-11-8-12(15(18)13(17)9-11)14(19)7-6-10-4-2-1-3-5-10/h1-5,8-9H,6-7H2. The number of carbonyl (C=O) groups excluding carboxylic acids is 1. The van der Waals surface area contributed by atoms with Crippen molar-refractivity contribution in [2.45, 2.75) is 12.8 Å². The molecule has 0 aliphatic rings. The largest absolute Gasteiger partial charge is 0.294 e. The molecule has 0 saturated carbocycles. The van der Waals surface area contributed by atoms with Gasteiger partial charge in [0, 0.05) is 17.0 Å². The third kappa shape index (κ3) is 3.73. The Labute approximate surface area is 127 Å². The average molecular weight is 314 g/mol. The SMILES string of the molecule is O=C(CCc1ccccc1)c1cc(Cl)cc(Cl)c1Cl. The van der Waals surface area contributed by atoms with Gasteiger partial charge in [-0.15, -0.1) is 0 Å². The summed E-state index contributed by atoms with van der Waals surface area (Å²) in [7, 11) is 0. The Hall–Kier alpha value is -1.02. The number of rotatable bonds is 4. The lowest BCUT2D eigenvalue weighted by atomic mass is 10.0. The highest BCUT2D eigenvalue weighted by atomic mass is 35.5. The van der Waals surface area contributed by atoms with Gasteiger partial charge in [-0.1, -0.05) is 65.1 Å². The van der Waals surface area contributed by atoms with Gasteiger partial charge in [0.1, 0.15) is 0 Å². The van der Waals surface area contributed by atoms with Crippen molar-refractivity contribution in [3.05, 3.63) is 68.7 Å². The first-order valence-corrected chi connectivity index (χ1v) is 6.93. The summed E-state index contributed by atoms with van der Waals surface area (Å²) < 4.78 is 0. The molecule has 2 rings (SSSR count). The Balaban J connectivity index is 2.13. The van der Waals surface area contributed by atoms with E-state index in [2.05, 4.69) is 0 Å². The van der Waals surface area contributed by atoms with Crippen LogP contribution >= 0.6 is 34.8 Å². The molecule has 0 heterocycles. The van der Waals surface area contributed by atoms with Crippen molar-refractivity contribution in [2.24, 2.45) is 0 Å². The maximum Gasteiger partial charge on any atom is 0.164 e. The molecule has 0 aromatic heterocycles. The topological polar surface area (TPSA) is 17.1 Å². The van der Waals surface area contributed by atoms with Crippen molar-refractivity contribution in [2.75, 3.05) is 0 Å². The van der Waals surface area contributed by atoms with Gasteiger partial charge in [-0.05, 0) is 24.1 Å². The Morgan fingerprint density at radius 3 is 2.37 bits per heavy atom. The molecule has 0 aliphatic carbocycles. The van der Waals surface area contributed by atoms with Crippen LogP contribution in [0.3, 0.4) is 0 Å². The predicted molar refractivity (Wildman–Crippen MR) is 80.6 cm³/mol. The second-order valence-electron chi connectivity index (χ2n) is 4.16. The van der Waals surface area contributed by atoms with E-state index in [9.17, 15) is 4.79 Å². The Bertz CT molecular complexity index is 594. The monoisotopic (exact) mass is 312 g/mol. The molecule has 0 saturated heterocycles. The third-order valence-electron chi connectivity index (χ3n) is 2.78. The normalized spacial score (nSPS) is 10.5. The van der Waals surface area contributed by atoms with E-state index in [0.29, 0.717) is 28.5 Å². The van der Waals surface area contributed by atoms with E-state index >= 15 is 0 Å². The zero-order valence-corrected chi connectivity index (χ0v) is 12.3. The lowest BCUT2D eigenvalue weighted by Crippen LogP contribution is -2.02. The van der Waals surface area contributed by atoms with Crippen LogP contribution in [0.25, 0.3) is 0 Å². The number of benzene rings is 2. The zero-order chi connectivity index (χ0) is 13.8. The van der Waals surface area contributed by atoms with Gasteiger partial charge in [0.2, 0.25) is 0 Å². The number of ketones is 1. The fourth-order valence-corrected chi connectivity index (χ4v) is 2.50. The van der Waals surface area contributed by atoms with Crippen LogP contribution in [0.5, 0.6) is 0 Å². The van der Waals surface area contributed by atoms with Crippen LogP contribution in [0.2, 0.25) is 15.1 Å². The fraction of sp³-hybridized carbons (Fsp3) is 0.133. The highest BCUT2D eigenvalue weighted by molar-refractivity contribution is 6.45. The van der Waals surface area contributed by atoms with Crippen LogP contribution in [0, 0.1) is 0 Å². The van der Waals surface area contributed by atoms with E-state index in [0.717, 1.165) is 5.56 Å². The summed E-state index contributed by atoms with van der Waals surface area (Å²) in [6, 6.07) is 12.9. The summed E-state index contributed by atoms with van der Waals surface area (Å²) in [6.07, 6.45) is 1.04. The highest BCUT2D eigenvalue weighted by Crippen LogP contribution is 2.30. The maximum absolute atomic E-state index is 12.1. The molecule has 0 amide bonds. The minimum absolute atomic E-state index is 0.0572. The minimum atomic E-state index is -0.0572. The van der Waals surface area contributed by atoms with Crippen LogP contribution in [-0.2, 0) is 6.42 Å². The smallest absolute Gasteiger partial charge is 0.164 e. The molecule has 2 aromatic carbocycles. The van der Waals surface area contributed by atoms with Gasteiger partial charge in [-0.3, -0.25) is 4.79 Å². The molecule has 0 radical (unpaired) electrons. The maximum atomic E-state index is 12.1. The summed E-state index contributed by atoms with van der Waals surface area (Å²) in [6.45, 7) is 0. The quantitative estimate of drug-likeness (QED) is 0.541. The molecule has 2 aromatic rings. The summed E-state index contributed by atoms with van der Waals surface area (Å²) in [4.78, 5) is 12.1. The molecule has 1 nitrogen and oxygen atoms in total. The number of halogens is 3. The van der Waals surface area contributed by atoms with Gasteiger partial charge >= 0.3 is 0 Å². The van der Waals surface area contributed by atoms with E-state index in [-0.39, 0.29) is 10.8 Å². The van der Waals surface area contributed by atoms with E-state index in [4.69, 9.17) is 34.8 Å². The molecule has 19 heavy (non-hydrogen) atoms. The second-order valence-corrected chi connectivity index (χ2v) is 5.38. The summed E-state index contributed by atoms with van der Waals surface area (Å²) >= 11 is 17.8. The molecule has 0 aliphatic heterocycles. The molecular weight excluding hydrogens is 303 g/mol. The molecule has 0 unspecified atom stereocenters. The Morgan fingerprint density at radius 2 is 1.68 bits per heavy atom. The lowest BCUT2D eigenvalue weighted by Gasteiger charge is -2.06. The van der Waals surface area contributed by atoms with Gasteiger partial charge in [-0.2, -0.15) is 0 Å². The van der Waals surface area contributed by atoms with Crippen molar-refractivity contribution < 1.29 is 4.79 Å². The molecule has 0 bridgehead atoms. The predicted octanol–water partition coefficient (Wildman–Crippen LogP) is 5.46. The first-order valence-electron chi connectivity index (χ1n) is 5.79. The van der Waals surface area contributed by atoms with Crippen molar-refractivity contribution in [1.82, 2.24) is 0 Å². The highest BCUT2D eigenvalue weighted by Gasteiger charge is 2.14. The van der Waals surface area contributed by atoms with Crippen molar-refractivity contribution in [3.8, 4) is 0 Å². The van der Waals surface area contributed by atoms with E-state index in [1.54, 1.807) is 6.07 Å². The second kappa shape index (κ2) is 6.42. The first-order chi connectivity index (χ1) is 9.08. The number of aryl methyl sites for hydroxylation is 1. The average Bonchev–Trinajstić information content (AvgIpc) is 2.41. The van der Waals surface area contributed by atoms with E-state index in [1.165, 1.54) is 6.07 Å². The molecule has 0 spiro atoms. The molecule has 0 atom stereocenters. The van der Waals surface area contributed by atoms with Crippen molar-refractivity contribution >= 4 is 40.6 Å². The Kier molecular flexibility index (Phi) is 4.87. The fourth-order valence-electron chi connectivity index (χ4n) is 1.80. The molecule has 4 heteroatoms. The van der Waals surface area contributed by atoms with Crippen molar-refractivity contribution in [1.29, 1.82) is 0 Å². The van der Waals surface area contributed by atoms with Crippen LogP contribution < -0.4 is 0 Å². The molecule has 0 N–H and O–H groups in total. The van der Waals surface area contributed by atoms with Gasteiger partial charge in [0.25, 0.3) is 0 Å². The van der Waals surface area contributed by atoms with Crippen LogP contribution in [0.1, 0.15) is 22.3 Å². The number of hydrogen-bond acceptors (Lipinski definition) is 1. The number of hydrogen-bond donors (Lipinski definition) is 0. The molecule has 98 valence electrons. The van der Waals surface area contributed by atoms with Crippen LogP contribution in [0.4, 0.5) is 0 Å². The van der Waals surface area contributed by atoms with E-state index in [1.807, 2.05) is 30.3 Å². The summed E-state index contributed by atoms with van der Waals surface area (Å²) in [5.74, 6) is -0.0572. The zero-order valence-electron chi connectivity index (χ0n) is 10.00. The third-order valence-corrected chi connectivity index (χ3v) is 3.80.